The fourth-order valence-corrected chi connectivity index (χ4v) is 6.63. The molecular weight excluding hydrogens is 614 g/mol. The van der Waals surface area contributed by atoms with Gasteiger partial charge in [0.2, 0.25) is 0 Å². The van der Waals surface area contributed by atoms with Gasteiger partial charge >= 0.3 is 11.9 Å². The zero-order valence-corrected chi connectivity index (χ0v) is 27.5. The standard InChI is InChI=1S/C28H27NO5.C4H6.CH3Br.CH4S/c1-3-16-14-28(34-27(16)31)20-13-18-8-9-22(30)32-24(18)15(2)25(20)33-26-19-7-5-11-29-10-4-6-17(23(19)29)12-21(26)28;1-3-4-2;2*1-2/h3,12-13H,4-11,14H2,1-2H3;3-4H,1-2H2;1H3;2H,1H3/b16-3+;;;. The topological polar surface area (TPSA) is 65.1 Å². The van der Waals surface area contributed by atoms with Crippen LogP contribution in [0.2, 0.25) is 0 Å². The van der Waals surface area contributed by atoms with Crippen molar-refractivity contribution in [2.75, 3.05) is 30.1 Å². The van der Waals surface area contributed by atoms with Gasteiger partial charge in [-0.3, -0.25) is 4.79 Å². The Morgan fingerprint density at radius 2 is 1.55 bits per heavy atom. The number of carbonyl (C=O) groups excluding carboxylic acids is 2. The number of fused-ring (bicyclic) bond motifs is 6. The van der Waals surface area contributed by atoms with E-state index in [9.17, 15) is 9.59 Å². The number of esters is 2. The van der Waals surface area contributed by atoms with E-state index in [1.807, 2.05) is 25.8 Å². The summed E-state index contributed by atoms with van der Waals surface area (Å²) in [4.78, 5) is 27.6. The Morgan fingerprint density at radius 3 is 2.19 bits per heavy atom. The number of nitrogens with zero attached hydrogens (tertiary/aromatic N) is 1. The lowest BCUT2D eigenvalue weighted by Gasteiger charge is -2.43. The Balaban J connectivity index is 0.000000462. The molecule has 8 heteroatoms. The van der Waals surface area contributed by atoms with Gasteiger partial charge in [-0.15, -0.1) is 0 Å². The maximum Gasteiger partial charge on any atom is 0.335 e. The zero-order chi connectivity index (χ0) is 30.6. The number of benzene rings is 2. The third-order valence-electron chi connectivity index (χ3n) is 8.38. The summed E-state index contributed by atoms with van der Waals surface area (Å²) in [6.07, 6.45) is 12.5. The molecule has 0 aliphatic carbocycles. The van der Waals surface area contributed by atoms with Gasteiger partial charge in [0.15, 0.2) is 5.60 Å². The molecule has 0 N–H and O–H groups in total. The van der Waals surface area contributed by atoms with Crippen LogP contribution in [0.25, 0.3) is 0 Å². The van der Waals surface area contributed by atoms with Crippen LogP contribution in [0.1, 0.15) is 66.0 Å². The van der Waals surface area contributed by atoms with Crippen molar-refractivity contribution in [2.24, 2.45) is 0 Å². The van der Waals surface area contributed by atoms with Gasteiger partial charge in [-0.1, -0.05) is 47.3 Å². The van der Waals surface area contributed by atoms with Crippen molar-refractivity contribution >= 4 is 46.2 Å². The molecule has 1 saturated heterocycles. The minimum absolute atomic E-state index is 0.218. The molecule has 0 bridgehead atoms. The van der Waals surface area contributed by atoms with Crippen LogP contribution >= 0.6 is 28.6 Å². The van der Waals surface area contributed by atoms with Crippen molar-refractivity contribution in [1.29, 1.82) is 0 Å². The Bertz CT molecular complexity index is 1440. The maximum absolute atomic E-state index is 13.0. The highest BCUT2D eigenvalue weighted by Gasteiger charge is 2.54. The molecule has 2 aromatic rings. The summed E-state index contributed by atoms with van der Waals surface area (Å²) in [5.74, 6) is 3.41. The number of carbonyl (C=O) groups is 2. The number of alkyl halides is 1. The lowest BCUT2D eigenvalue weighted by molar-refractivity contribution is -0.144. The van der Waals surface area contributed by atoms with E-state index in [2.05, 4.69) is 58.7 Å². The number of rotatable bonds is 1. The number of ether oxygens (including phenoxy) is 3. The van der Waals surface area contributed by atoms with Crippen LogP contribution in [0.3, 0.4) is 0 Å². The molecule has 5 aliphatic rings. The highest BCUT2D eigenvalue weighted by Crippen LogP contribution is 2.60. The van der Waals surface area contributed by atoms with Gasteiger partial charge in [0.1, 0.15) is 17.2 Å². The van der Waals surface area contributed by atoms with Crippen LogP contribution in [0.15, 0.2) is 49.1 Å². The monoisotopic (exact) mass is 653 g/mol. The number of allylic oxidation sites excluding steroid dienone is 3. The summed E-state index contributed by atoms with van der Waals surface area (Å²) in [7, 11) is 0. The molecular formula is C34H40BrNO5S. The lowest BCUT2D eigenvalue weighted by Crippen LogP contribution is -2.37. The number of thiol groups is 1. The third-order valence-corrected chi connectivity index (χ3v) is 8.38. The van der Waals surface area contributed by atoms with Crippen molar-refractivity contribution < 1.29 is 23.8 Å². The predicted molar refractivity (Wildman–Crippen MR) is 176 cm³/mol. The second-order valence-electron chi connectivity index (χ2n) is 10.6. The second-order valence-corrected chi connectivity index (χ2v) is 10.6. The van der Waals surface area contributed by atoms with Gasteiger partial charge in [-0.25, -0.2) is 4.79 Å². The average Bonchev–Trinajstić information content (AvgIpc) is 3.37. The molecule has 5 aliphatic heterocycles. The molecule has 5 heterocycles. The van der Waals surface area contributed by atoms with Gasteiger partial charge in [0.25, 0.3) is 0 Å². The first-order valence-electron chi connectivity index (χ1n) is 14.4. The SMILES string of the molecule is C/C=C1\CC2(OC1=O)c1cc3c(c(C)c1Oc1c2cc2c4c1CCCN4CCC2)OC(=O)CC3.C=CC=C.CBr.CS. The number of aryl methyl sites for hydroxylation is 2. The largest absolute Gasteiger partial charge is 0.456 e. The average molecular weight is 655 g/mol. The summed E-state index contributed by atoms with van der Waals surface area (Å²) in [5, 5.41) is 0. The Hall–Kier alpha value is -2.97. The van der Waals surface area contributed by atoms with E-state index in [1.54, 1.807) is 18.4 Å². The number of hydrogen-bond acceptors (Lipinski definition) is 7. The number of hydrogen-bond donors (Lipinski definition) is 1. The lowest BCUT2D eigenvalue weighted by atomic mass is 9.75. The highest BCUT2D eigenvalue weighted by molar-refractivity contribution is 9.08. The van der Waals surface area contributed by atoms with Crippen LogP contribution in [-0.4, -0.2) is 37.1 Å². The van der Waals surface area contributed by atoms with Crippen molar-refractivity contribution in [2.45, 2.75) is 64.4 Å². The van der Waals surface area contributed by atoms with E-state index >= 15 is 0 Å². The number of anilines is 1. The van der Waals surface area contributed by atoms with Crippen LogP contribution in [-0.2, 0) is 39.2 Å². The summed E-state index contributed by atoms with van der Waals surface area (Å²) in [6.45, 7) is 12.7. The van der Waals surface area contributed by atoms with Gasteiger partial charge in [-0.05, 0) is 81.3 Å². The quantitative estimate of drug-likeness (QED) is 0.0850. The van der Waals surface area contributed by atoms with Crippen molar-refractivity contribution in [3.05, 3.63) is 82.5 Å². The minimum Gasteiger partial charge on any atom is -0.456 e. The molecule has 0 amide bonds. The molecule has 1 unspecified atom stereocenters. The second kappa shape index (κ2) is 13.6. The first-order valence-corrected chi connectivity index (χ1v) is 16.8. The molecule has 224 valence electrons. The van der Waals surface area contributed by atoms with Crippen molar-refractivity contribution in [1.82, 2.24) is 0 Å². The molecule has 0 aromatic heterocycles. The van der Waals surface area contributed by atoms with Crippen molar-refractivity contribution in [3.8, 4) is 17.2 Å². The minimum atomic E-state index is -0.922. The zero-order valence-electron chi connectivity index (χ0n) is 25.0. The number of halogens is 1. The van der Waals surface area contributed by atoms with E-state index in [0.29, 0.717) is 36.3 Å². The van der Waals surface area contributed by atoms with Crippen LogP contribution in [0.5, 0.6) is 17.2 Å². The van der Waals surface area contributed by atoms with E-state index in [0.717, 1.165) is 66.8 Å². The smallest absolute Gasteiger partial charge is 0.335 e. The van der Waals surface area contributed by atoms with Crippen molar-refractivity contribution in [3.63, 3.8) is 0 Å². The molecule has 0 saturated carbocycles. The molecule has 2 aromatic carbocycles. The molecule has 7 rings (SSSR count). The summed E-state index contributed by atoms with van der Waals surface area (Å²) in [5.41, 5.74) is 7.24. The van der Waals surface area contributed by atoms with Crippen LogP contribution < -0.4 is 14.4 Å². The van der Waals surface area contributed by atoms with Crippen LogP contribution in [0, 0.1) is 6.92 Å². The first kappa shape index (κ1) is 32.0. The Kier molecular flexibility index (Phi) is 10.3. The highest BCUT2D eigenvalue weighted by atomic mass is 79.9. The Labute approximate surface area is 263 Å². The fraction of sp³-hybridized carbons (Fsp3) is 0.412. The fourth-order valence-electron chi connectivity index (χ4n) is 6.63. The molecule has 0 radical (unpaired) electrons. The van der Waals surface area contributed by atoms with Gasteiger partial charge < -0.3 is 19.1 Å². The van der Waals surface area contributed by atoms with Gasteiger partial charge in [0.05, 0.1) is 6.42 Å². The molecule has 1 spiro atoms. The first-order chi connectivity index (χ1) is 20.4. The Morgan fingerprint density at radius 1 is 0.905 bits per heavy atom. The van der Waals surface area contributed by atoms with Gasteiger partial charge in [0, 0.05) is 53.0 Å². The van der Waals surface area contributed by atoms with E-state index in [1.165, 1.54) is 16.8 Å². The third kappa shape index (κ3) is 5.32. The summed E-state index contributed by atoms with van der Waals surface area (Å²) >= 11 is 6.47. The van der Waals surface area contributed by atoms with Gasteiger partial charge in [-0.2, -0.15) is 12.6 Å². The normalized spacial score (nSPS) is 21.2. The molecule has 1 atom stereocenters. The van der Waals surface area contributed by atoms with E-state index < -0.39 is 5.60 Å². The molecule has 6 nitrogen and oxygen atoms in total. The van der Waals surface area contributed by atoms with Crippen LogP contribution in [0.4, 0.5) is 5.69 Å². The summed E-state index contributed by atoms with van der Waals surface area (Å²) in [6, 6.07) is 4.30. The predicted octanol–water partition coefficient (Wildman–Crippen LogP) is 7.70. The molecule has 1 fully saturated rings. The van der Waals surface area contributed by atoms with E-state index in [4.69, 9.17) is 14.2 Å². The maximum atomic E-state index is 13.0. The van der Waals surface area contributed by atoms with E-state index in [-0.39, 0.29) is 11.9 Å². The molecule has 42 heavy (non-hydrogen) atoms. The summed E-state index contributed by atoms with van der Waals surface area (Å²) < 4.78 is 18.7.